The molecule has 0 unspecified atom stereocenters. The average molecular weight is 218 g/mol. The predicted octanol–water partition coefficient (Wildman–Crippen LogP) is 2.02. The normalized spacial score (nSPS) is 10.1. The molecule has 0 aliphatic rings. The third kappa shape index (κ3) is 2.06. The van der Waals surface area contributed by atoms with E-state index in [-0.39, 0.29) is 5.75 Å². The van der Waals surface area contributed by atoms with E-state index in [9.17, 15) is 9.90 Å². The van der Waals surface area contributed by atoms with Crippen LogP contribution in [0.15, 0.2) is 45.6 Å². The minimum absolute atomic E-state index is 0.117. The molecule has 0 saturated heterocycles. The number of aromatic hydroxyl groups is 1. The van der Waals surface area contributed by atoms with Crippen molar-refractivity contribution in [2.75, 3.05) is 7.11 Å². The Balaban J connectivity index is 2.53. The fourth-order valence-corrected chi connectivity index (χ4v) is 1.38. The van der Waals surface area contributed by atoms with Gasteiger partial charge in [-0.2, -0.15) is 0 Å². The third-order valence-corrected chi connectivity index (χ3v) is 2.11. The van der Waals surface area contributed by atoms with Crippen molar-refractivity contribution in [2.45, 2.75) is 0 Å². The first-order valence-electron chi connectivity index (χ1n) is 4.67. The lowest BCUT2D eigenvalue weighted by Gasteiger charge is -2.03. The summed E-state index contributed by atoms with van der Waals surface area (Å²) in [7, 11) is 1.55. The van der Waals surface area contributed by atoms with Crippen LogP contribution in [0.25, 0.3) is 11.3 Å². The Hall–Kier alpha value is -2.23. The number of methoxy groups -OCH3 is 1. The van der Waals surface area contributed by atoms with Crippen molar-refractivity contribution >= 4 is 0 Å². The highest BCUT2D eigenvalue weighted by Gasteiger charge is 2.04. The van der Waals surface area contributed by atoms with Crippen LogP contribution in [0.4, 0.5) is 0 Å². The van der Waals surface area contributed by atoms with Crippen molar-refractivity contribution in [3.8, 4) is 22.8 Å². The minimum Gasteiger partial charge on any atom is -0.508 e. The maximum Gasteiger partial charge on any atom is 0.339 e. The number of benzene rings is 1. The molecule has 16 heavy (non-hydrogen) atoms. The van der Waals surface area contributed by atoms with Crippen LogP contribution in [0.2, 0.25) is 0 Å². The maximum absolute atomic E-state index is 11.1. The standard InChI is InChI=1S/C12H10O4/c1-15-10-4-2-3-8(5-10)11-6-9(13)7-12(14)16-11/h2-7,13H,1H3. The zero-order chi connectivity index (χ0) is 11.5. The second-order valence-electron chi connectivity index (χ2n) is 3.23. The first kappa shape index (κ1) is 10.3. The Bertz CT molecular complexity index is 557. The second-order valence-corrected chi connectivity index (χ2v) is 3.23. The summed E-state index contributed by atoms with van der Waals surface area (Å²) >= 11 is 0. The first-order valence-corrected chi connectivity index (χ1v) is 4.67. The van der Waals surface area contributed by atoms with Gasteiger partial charge in [-0.3, -0.25) is 0 Å². The molecule has 0 atom stereocenters. The molecule has 1 N–H and O–H groups in total. The smallest absolute Gasteiger partial charge is 0.339 e. The fraction of sp³-hybridized carbons (Fsp3) is 0.0833. The summed E-state index contributed by atoms with van der Waals surface area (Å²) < 4.78 is 10.0. The molecule has 82 valence electrons. The number of ether oxygens (including phenoxy) is 1. The molecular formula is C12H10O4. The molecule has 1 aromatic heterocycles. The number of rotatable bonds is 2. The Labute approximate surface area is 91.7 Å². The maximum atomic E-state index is 11.1. The molecular weight excluding hydrogens is 208 g/mol. The zero-order valence-electron chi connectivity index (χ0n) is 8.64. The van der Waals surface area contributed by atoms with Crippen LogP contribution >= 0.6 is 0 Å². The first-order chi connectivity index (χ1) is 7.69. The lowest BCUT2D eigenvalue weighted by atomic mass is 10.1. The molecule has 0 spiro atoms. The van der Waals surface area contributed by atoms with Crippen LogP contribution in [0.5, 0.6) is 11.5 Å². The highest BCUT2D eigenvalue weighted by Crippen LogP contribution is 2.24. The Morgan fingerprint density at radius 2 is 2.06 bits per heavy atom. The Morgan fingerprint density at radius 1 is 1.25 bits per heavy atom. The molecule has 1 aromatic carbocycles. The van der Waals surface area contributed by atoms with Gasteiger partial charge in [0.2, 0.25) is 0 Å². The topological polar surface area (TPSA) is 59.7 Å². The van der Waals surface area contributed by atoms with Crippen LogP contribution in [0.1, 0.15) is 0 Å². The molecule has 0 aliphatic carbocycles. The molecule has 4 heteroatoms. The number of hydrogen-bond donors (Lipinski definition) is 1. The van der Waals surface area contributed by atoms with E-state index in [2.05, 4.69) is 0 Å². The molecule has 2 rings (SSSR count). The average Bonchev–Trinajstić information content (AvgIpc) is 2.28. The monoisotopic (exact) mass is 218 g/mol. The van der Waals surface area contributed by atoms with Gasteiger partial charge in [0.05, 0.1) is 13.2 Å². The summed E-state index contributed by atoms with van der Waals surface area (Å²) in [6.45, 7) is 0. The van der Waals surface area contributed by atoms with Gasteiger partial charge in [0.1, 0.15) is 17.3 Å². The van der Waals surface area contributed by atoms with Crippen molar-refractivity contribution in [3.05, 3.63) is 46.8 Å². The zero-order valence-corrected chi connectivity index (χ0v) is 8.64. The highest BCUT2D eigenvalue weighted by atomic mass is 16.5. The summed E-state index contributed by atoms with van der Waals surface area (Å²) in [5, 5.41) is 9.29. The van der Waals surface area contributed by atoms with Gasteiger partial charge in [-0.15, -0.1) is 0 Å². The van der Waals surface area contributed by atoms with Crippen LogP contribution in [0, 0.1) is 0 Å². The molecule has 0 fully saturated rings. The lowest BCUT2D eigenvalue weighted by Crippen LogP contribution is -1.96. The predicted molar refractivity (Wildman–Crippen MR) is 58.6 cm³/mol. The van der Waals surface area contributed by atoms with Gasteiger partial charge in [-0.05, 0) is 12.1 Å². The van der Waals surface area contributed by atoms with Gasteiger partial charge in [0, 0.05) is 11.6 Å². The molecule has 2 aromatic rings. The van der Waals surface area contributed by atoms with E-state index in [0.29, 0.717) is 17.1 Å². The van der Waals surface area contributed by atoms with E-state index < -0.39 is 5.63 Å². The quantitative estimate of drug-likeness (QED) is 0.837. The Kier molecular flexibility index (Phi) is 2.64. The Morgan fingerprint density at radius 3 is 2.75 bits per heavy atom. The van der Waals surface area contributed by atoms with Crippen LogP contribution in [0.3, 0.4) is 0 Å². The van der Waals surface area contributed by atoms with Crippen molar-refractivity contribution in [1.82, 2.24) is 0 Å². The fourth-order valence-electron chi connectivity index (χ4n) is 1.38. The van der Waals surface area contributed by atoms with E-state index in [1.54, 1.807) is 31.4 Å². The highest BCUT2D eigenvalue weighted by molar-refractivity contribution is 5.60. The van der Waals surface area contributed by atoms with Gasteiger partial charge >= 0.3 is 5.63 Å². The van der Waals surface area contributed by atoms with Gasteiger partial charge in [-0.25, -0.2) is 4.79 Å². The van der Waals surface area contributed by atoms with Crippen molar-refractivity contribution in [2.24, 2.45) is 0 Å². The van der Waals surface area contributed by atoms with Crippen molar-refractivity contribution in [3.63, 3.8) is 0 Å². The van der Waals surface area contributed by atoms with Gasteiger partial charge in [0.25, 0.3) is 0 Å². The van der Waals surface area contributed by atoms with Gasteiger partial charge in [0.15, 0.2) is 0 Å². The summed E-state index contributed by atoms with van der Waals surface area (Å²) in [4.78, 5) is 11.1. The minimum atomic E-state index is -0.585. The molecule has 0 bridgehead atoms. The van der Waals surface area contributed by atoms with Gasteiger partial charge < -0.3 is 14.3 Å². The van der Waals surface area contributed by atoms with E-state index in [1.165, 1.54) is 6.07 Å². The SMILES string of the molecule is COc1cccc(-c2cc(O)cc(=O)o2)c1. The van der Waals surface area contributed by atoms with E-state index in [4.69, 9.17) is 9.15 Å². The molecule has 0 aliphatic heterocycles. The molecule has 0 saturated carbocycles. The molecule has 4 nitrogen and oxygen atoms in total. The van der Waals surface area contributed by atoms with E-state index in [1.807, 2.05) is 0 Å². The third-order valence-electron chi connectivity index (χ3n) is 2.11. The summed E-state index contributed by atoms with van der Waals surface area (Å²) in [6, 6.07) is 9.44. The lowest BCUT2D eigenvalue weighted by molar-refractivity contribution is 0.414. The van der Waals surface area contributed by atoms with Crippen LogP contribution in [-0.2, 0) is 0 Å². The van der Waals surface area contributed by atoms with E-state index >= 15 is 0 Å². The van der Waals surface area contributed by atoms with E-state index in [0.717, 1.165) is 6.07 Å². The second kappa shape index (κ2) is 4.10. The molecule has 0 radical (unpaired) electrons. The van der Waals surface area contributed by atoms with Gasteiger partial charge in [-0.1, -0.05) is 12.1 Å². The molecule has 1 heterocycles. The van der Waals surface area contributed by atoms with Crippen molar-refractivity contribution < 1.29 is 14.3 Å². The number of hydrogen-bond acceptors (Lipinski definition) is 4. The summed E-state index contributed by atoms with van der Waals surface area (Å²) in [5.41, 5.74) is 0.0881. The largest absolute Gasteiger partial charge is 0.508 e. The summed E-state index contributed by atoms with van der Waals surface area (Å²) in [5.74, 6) is 0.849. The summed E-state index contributed by atoms with van der Waals surface area (Å²) in [6.07, 6.45) is 0. The molecule has 0 amide bonds. The van der Waals surface area contributed by atoms with Crippen LogP contribution < -0.4 is 10.4 Å². The van der Waals surface area contributed by atoms with Crippen molar-refractivity contribution in [1.29, 1.82) is 0 Å². The van der Waals surface area contributed by atoms with Crippen LogP contribution in [-0.4, -0.2) is 12.2 Å².